The summed E-state index contributed by atoms with van der Waals surface area (Å²) in [4.78, 5) is 38.4. The van der Waals surface area contributed by atoms with E-state index < -0.39 is 11.5 Å². The lowest BCUT2D eigenvalue weighted by atomic mass is 9.72. The van der Waals surface area contributed by atoms with E-state index >= 15 is 0 Å². The van der Waals surface area contributed by atoms with Gasteiger partial charge in [0.2, 0.25) is 0 Å². The van der Waals surface area contributed by atoms with Crippen LogP contribution in [0.4, 0.5) is 0 Å². The van der Waals surface area contributed by atoms with Gasteiger partial charge in [0.15, 0.2) is 5.78 Å². The van der Waals surface area contributed by atoms with Crippen LogP contribution in [0.15, 0.2) is 66.7 Å². The Balaban J connectivity index is 1.17. The van der Waals surface area contributed by atoms with E-state index in [1.54, 1.807) is 24.3 Å². The Kier molecular flexibility index (Phi) is 7.48. The zero-order valence-corrected chi connectivity index (χ0v) is 24.9. The molecule has 2 heterocycles. The Labute approximate surface area is 257 Å². The van der Waals surface area contributed by atoms with Crippen LogP contribution in [0.25, 0.3) is 22.2 Å². The molecule has 3 aromatic carbocycles. The van der Waals surface area contributed by atoms with Crippen LogP contribution in [-0.2, 0) is 17.8 Å². The van der Waals surface area contributed by atoms with E-state index in [0.717, 1.165) is 28.8 Å². The van der Waals surface area contributed by atoms with E-state index in [-0.39, 0.29) is 17.3 Å². The number of ether oxygens (including phenoxy) is 1. The third kappa shape index (κ3) is 5.08. The Morgan fingerprint density at radius 1 is 0.909 bits per heavy atom. The van der Waals surface area contributed by atoms with Crippen molar-refractivity contribution < 1.29 is 24.2 Å². The van der Waals surface area contributed by atoms with Gasteiger partial charge in [-0.05, 0) is 92.0 Å². The Morgan fingerprint density at radius 3 is 2.39 bits per heavy atom. The number of aryl methyl sites for hydroxylation is 1. The number of carboxylic acid groups (broad SMARTS) is 1. The zero-order chi connectivity index (χ0) is 30.3. The second kappa shape index (κ2) is 11.6. The molecule has 0 bridgehead atoms. The summed E-state index contributed by atoms with van der Waals surface area (Å²) in [6.45, 7) is 1.26. The monoisotopic (exact) mass is 590 g/mol. The van der Waals surface area contributed by atoms with Crippen molar-refractivity contribution in [3.63, 3.8) is 0 Å². The first-order chi connectivity index (χ1) is 21.4. The first kappa shape index (κ1) is 28.4. The molecule has 0 saturated heterocycles. The van der Waals surface area contributed by atoms with Gasteiger partial charge in [-0.15, -0.1) is 0 Å². The topological polar surface area (TPSA) is 97.6 Å². The molecule has 0 spiro atoms. The van der Waals surface area contributed by atoms with Crippen LogP contribution in [0, 0.1) is 0 Å². The highest BCUT2D eigenvalue weighted by Gasteiger charge is 2.44. The van der Waals surface area contributed by atoms with Gasteiger partial charge < -0.3 is 19.7 Å². The fraction of sp³-hybridized carbons (Fsp3) is 0.378. The van der Waals surface area contributed by atoms with Gasteiger partial charge in [-0.1, -0.05) is 49.6 Å². The molecule has 7 nitrogen and oxygen atoms in total. The number of nitrogens with one attached hydrogen (secondary N) is 1. The molecule has 0 atom stereocenters. The summed E-state index contributed by atoms with van der Waals surface area (Å²) in [5.74, 6) is 0.231. The molecule has 1 aromatic heterocycles. The van der Waals surface area contributed by atoms with Crippen molar-refractivity contribution in [1.82, 2.24) is 9.88 Å². The van der Waals surface area contributed by atoms with Crippen molar-refractivity contribution in [2.75, 3.05) is 6.61 Å². The summed E-state index contributed by atoms with van der Waals surface area (Å²) in [7, 11) is 0. The molecule has 2 saturated carbocycles. The Hall–Kier alpha value is -4.39. The van der Waals surface area contributed by atoms with E-state index in [9.17, 15) is 14.4 Å². The smallest absolute Gasteiger partial charge is 0.335 e. The number of hydrogen-bond donors (Lipinski definition) is 2. The largest absolute Gasteiger partial charge is 0.491 e. The molecule has 1 aliphatic heterocycles. The number of aromatic carboxylic acids is 1. The Morgan fingerprint density at radius 2 is 1.66 bits per heavy atom. The lowest BCUT2D eigenvalue weighted by Crippen LogP contribution is -2.59. The van der Waals surface area contributed by atoms with Crippen molar-refractivity contribution >= 4 is 28.6 Å². The fourth-order valence-electron chi connectivity index (χ4n) is 7.48. The number of ketones is 1. The van der Waals surface area contributed by atoms with Crippen molar-refractivity contribution in [3.05, 3.63) is 89.0 Å². The number of para-hydroxylation sites is 1. The standard InChI is InChI=1S/C37H38N2O5/c40-32(18-13-24-11-14-26(15-12-24)36(42)43)37(19-6-20-37)38-35(41)27-16-17-28-30(23-27)39-21-22-44-31-10-5-4-9-29(31)34(39)33(28)25-7-2-1-3-8-25/h4-5,9-12,14-17,23,25H,1-3,6-8,13,18-22H2,(H,38,41)(H,42,43). The van der Waals surface area contributed by atoms with Crippen LogP contribution in [-0.4, -0.2) is 39.5 Å². The average Bonchev–Trinajstić information content (AvgIpc) is 3.23. The highest BCUT2D eigenvalue weighted by Crippen LogP contribution is 2.47. The number of fused-ring (bicyclic) bond motifs is 5. The lowest BCUT2D eigenvalue weighted by molar-refractivity contribution is -0.128. The van der Waals surface area contributed by atoms with E-state index in [1.807, 2.05) is 24.3 Å². The molecule has 7 rings (SSSR count). The maximum Gasteiger partial charge on any atom is 0.335 e. The van der Waals surface area contributed by atoms with Crippen LogP contribution in [0.3, 0.4) is 0 Å². The summed E-state index contributed by atoms with van der Waals surface area (Å²) in [6, 6.07) is 21.0. The lowest BCUT2D eigenvalue weighted by Gasteiger charge is -2.41. The maximum atomic E-state index is 13.8. The van der Waals surface area contributed by atoms with Gasteiger partial charge in [-0.25, -0.2) is 4.79 Å². The normalized spacial score (nSPS) is 17.5. The van der Waals surface area contributed by atoms with E-state index in [2.05, 4.69) is 28.1 Å². The van der Waals surface area contributed by atoms with Gasteiger partial charge >= 0.3 is 5.97 Å². The summed E-state index contributed by atoms with van der Waals surface area (Å²) in [5.41, 5.74) is 5.62. The van der Waals surface area contributed by atoms with Gasteiger partial charge in [0.1, 0.15) is 12.4 Å². The van der Waals surface area contributed by atoms with Crippen molar-refractivity contribution in [2.45, 2.75) is 82.2 Å². The molecule has 0 unspecified atom stereocenters. The molecule has 7 heteroatoms. The number of Topliss-reactive ketones (excluding diaryl/α,β-unsaturated/α-hetero) is 1. The number of aromatic nitrogens is 1. The molecule has 4 aromatic rings. The molecule has 3 aliphatic rings. The number of rotatable bonds is 8. The molecular weight excluding hydrogens is 552 g/mol. The van der Waals surface area contributed by atoms with Crippen molar-refractivity contribution in [1.29, 1.82) is 0 Å². The number of carboxylic acids is 1. The number of carbonyl (C=O) groups excluding carboxylic acids is 2. The van der Waals surface area contributed by atoms with Gasteiger partial charge in [-0.2, -0.15) is 0 Å². The van der Waals surface area contributed by atoms with E-state index in [4.69, 9.17) is 9.84 Å². The van der Waals surface area contributed by atoms with Gasteiger partial charge in [0.25, 0.3) is 5.91 Å². The van der Waals surface area contributed by atoms with Gasteiger partial charge in [-0.3, -0.25) is 9.59 Å². The molecule has 226 valence electrons. The molecule has 2 N–H and O–H groups in total. The number of hydrogen-bond acceptors (Lipinski definition) is 4. The second-order valence-corrected chi connectivity index (χ2v) is 12.6. The third-order valence-corrected chi connectivity index (χ3v) is 10.0. The molecule has 1 amide bonds. The summed E-state index contributed by atoms with van der Waals surface area (Å²) in [5, 5.41) is 13.5. The van der Waals surface area contributed by atoms with Gasteiger partial charge in [0.05, 0.1) is 23.3 Å². The number of carbonyl (C=O) groups is 3. The summed E-state index contributed by atoms with van der Waals surface area (Å²) < 4.78 is 8.53. The average molecular weight is 591 g/mol. The first-order valence-electron chi connectivity index (χ1n) is 16.0. The fourth-order valence-corrected chi connectivity index (χ4v) is 7.48. The maximum absolute atomic E-state index is 13.8. The van der Waals surface area contributed by atoms with Gasteiger partial charge in [0, 0.05) is 28.5 Å². The van der Waals surface area contributed by atoms with Crippen LogP contribution in [0.1, 0.15) is 95.5 Å². The van der Waals surface area contributed by atoms with E-state index in [0.29, 0.717) is 50.3 Å². The van der Waals surface area contributed by atoms with E-state index in [1.165, 1.54) is 48.7 Å². The van der Waals surface area contributed by atoms with Crippen molar-refractivity contribution in [2.24, 2.45) is 0 Å². The molecule has 2 aliphatic carbocycles. The third-order valence-electron chi connectivity index (χ3n) is 10.0. The minimum absolute atomic E-state index is 0.0328. The molecule has 2 fully saturated rings. The number of benzene rings is 3. The highest BCUT2D eigenvalue weighted by molar-refractivity contribution is 6.04. The number of amides is 1. The first-order valence-corrected chi connectivity index (χ1v) is 16.0. The Bertz CT molecular complexity index is 1740. The summed E-state index contributed by atoms with van der Waals surface area (Å²) in [6.07, 6.45) is 9.07. The predicted molar refractivity (Wildman–Crippen MR) is 169 cm³/mol. The zero-order valence-electron chi connectivity index (χ0n) is 24.9. The van der Waals surface area contributed by atoms with Crippen LogP contribution in [0.2, 0.25) is 0 Å². The highest BCUT2D eigenvalue weighted by atomic mass is 16.5. The molecule has 44 heavy (non-hydrogen) atoms. The molecule has 0 radical (unpaired) electrons. The minimum atomic E-state index is -0.971. The molecular formula is C37H38N2O5. The van der Waals surface area contributed by atoms with Crippen LogP contribution < -0.4 is 10.1 Å². The second-order valence-electron chi connectivity index (χ2n) is 12.6. The quantitative estimate of drug-likeness (QED) is 0.224. The number of nitrogens with zero attached hydrogens (tertiary/aromatic N) is 1. The summed E-state index contributed by atoms with van der Waals surface area (Å²) >= 11 is 0. The minimum Gasteiger partial charge on any atom is -0.491 e. The van der Waals surface area contributed by atoms with Crippen LogP contribution >= 0.6 is 0 Å². The van der Waals surface area contributed by atoms with Crippen molar-refractivity contribution in [3.8, 4) is 17.0 Å². The predicted octanol–water partition coefficient (Wildman–Crippen LogP) is 7.30. The van der Waals surface area contributed by atoms with Crippen LogP contribution in [0.5, 0.6) is 5.75 Å². The SMILES string of the molecule is O=C(O)c1ccc(CCC(=O)C2(NC(=O)c3ccc4c(C5CCCCC5)c5n(c4c3)CCOc3ccccc3-5)CCC2)cc1.